The van der Waals surface area contributed by atoms with E-state index in [1.807, 2.05) is 0 Å². The molecule has 2 saturated heterocycles. The number of esters is 2. The lowest BCUT2D eigenvalue weighted by Gasteiger charge is -2.39. The van der Waals surface area contributed by atoms with Crippen LogP contribution >= 0.6 is 0 Å². The molecule has 2 fully saturated rings. The summed E-state index contributed by atoms with van der Waals surface area (Å²) in [6, 6.07) is 0. The maximum absolute atomic E-state index is 12.5. The number of fused-ring (bicyclic) bond motifs is 2. The highest BCUT2D eigenvalue weighted by atomic mass is 16.9. The summed E-state index contributed by atoms with van der Waals surface area (Å²) >= 11 is 0. The van der Waals surface area contributed by atoms with Crippen molar-refractivity contribution in [3.63, 3.8) is 0 Å². The average Bonchev–Trinajstić information content (AvgIpc) is 2.73. The molecule has 8 heteroatoms. The van der Waals surface area contributed by atoms with Crippen molar-refractivity contribution in [2.45, 2.75) is 97.0 Å². The van der Waals surface area contributed by atoms with Crippen molar-refractivity contribution < 1.29 is 38.4 Å². The molecule has 8 nitrogen and oxygen atoms in total. The highest BCUT2D eigenvalue weighted by Gasteiger charge is 2.60. The van der Waals surface area contributed by atoms with E-state index < -0.39 is 59.4 Å². The summed E-state index contributed by atoms with van der Waals surface area (Å²) in [5.74, 6) is -3.43. The van der Waals surface area contributed by atoms with Gasteiger partial charge in [0.2, 0.25) is 0 Å². The number of hydrogen-bond acceptors (Lipinski definition) is 8. The lowest BCUT2D eigenvalue weighted by Crippen LogP contribution is -2.54. The van der Waals surface area contributed by atoms with E-state index in [9.17, 15) is 14.7 Å². The average molecular weight is 374 g/mol. The normalized spacial score (nSPS) is 35.7. The molecule has 0 unspecified atom stereocenters. The number of aliphatic hydroxyl groups is 1. The summed E-state index contributed by atoms with van der Waals surface area (Å²) in [6.45, 7) is 13.6. The zero-order valence-corrected chi connectivity index (χ0v) is 16.7. The van der Waals surface area contributed by atoms with Crippen molar-refractivity contribution in [3.05, 3.63) is 0 Å². The van der Waals surface area contributed by atoms with Crippen molar-refractivity contribution in [1.82, 2.24) is 0 Å². The van der Waals surface area contributed by atoms with Crippen LogP contribution < -0.4 is 0 Å². The van der Waals surface area contributed by atoms with Crippen molar-refractivity contribution >= 4 is 11.9 Å². The van der Waals surface area contributed by atoms with Crippen molar-refractivity contribution in [3.8, 4) is 0 Å². The van der Waals surface area contributed by atoms with Crippen LogP contribution in [0.25, 0.3) is 0 Å². The van der Waals surface area contributed by atoms with Gasteiger partial charge >= 0.3 is 11.9 Å². The van der Waals surface area contributed by atoms with E-state index in [1.165, 1.54) is 6.92 Å². The molecule has 2 aliphatic heterocycles. The molecule has 26 heavy (non-hydrogen) atoms. The van der Waals surface area contributed by atoms with Gasteiger partial charge in [-0.2, -0.15) is 0 Å². The second-order valence-electron chi connectivity index (χ2n) is 8.94. The van der Waals surface area contributed by atoms with Crippen LogP contribution in [0.5, 0.6) is 0 Å². The van der Waals surface area contributed by atoms with Gasteiger partial charge in [0.1, 0.15) is 23.4 Å². The summed E-state index contributed by atoms with van der Waals surface area (Å²) in [5.41, 5.74) is -1.43. The predicted octanol–water partition coefficient (Wildman–Crippen LogP) is 1.52. The molecule has 0 aliphatic carbocycles. The molecule has 0 aromatic rings. The first-order chi connectivity index (χ1) is 11.6. The predicted molar refractivity (Wildman–Crippen MR) is 89.9 cm³/mol. The maximum Gasteiger partial charge on any atom is 0.338 e. The van der Waals surface area contributed by atoms with Gasteiger partial charge in [0, 0.05) is 12.8 Å². The van der Waals surface area contributed by atoms with E-state index in [1.54, 1.807) is 48.5 Å². The first kappa shape index (κ1) is 21.1. The van der Waals surface area contributed by atoms with Gasteiger partial charge < -0.3 is 28.8 Å². The highest BCUT2D eigenvalue weighted by molar-refractivity contribution is 5.77. The second-order valence-corrected chi connectivity index (χ2v) is 8.94. The van der Waals surface area contributed by atoms with E-state index in [4.69, 9.17) is 23.7 Å². The fourth-order valence-electron chi connectivity index (χ4n) is 3.00. The number of ether oxygens (including phenoxy) is 5. The van der Waals surface area contributed by atoms with Gasteiger partial charge in [-0.15, -0.1) is 0 Å². The SMILES string of the molecule is C[C@@H]1[C@H]([C@H](O)C(=O)OC(C)(C)C)O[C@@]2(C)O[C@@H]1[C@H](C(=O)OC(C)(C)C)O2. The molecule has 2 heterocycles. The Labute approximate surface area is 154 Å². The van der Waals surface area contributed by atoms with Crippen LogP contribution in [-0.4, -0.2) is 58.6 Å². The van der Waals surface area contributed by atoms with E-state index in [-0.39, 0.29) is 0 Å². The van der Waals surface area contributed by atoms with E-state index >= 15 is 0 Å². The fourth-order valence-corrected chi connectivity index (χ4v) is 3.00. The Balaban J connectivity index is 2.16. The monoisotopic (exact) mass is 374 g/mol. The van der Waals surface area contributed by atoms with Crippen LogP contribution in [0.15, 0.2) is 0 Å². The molecule has 2 rings (SSSR count). The van der Waals surface area contributed by atoms with Crippen LogP contribution in [0.2, 0.25) is 0 Å². The summed E-state index contributed by atoms with van der Waals surface area (Å²) in [6.07, 6.45) is -4.20. The number of aliphatic hydroxyl groups excluding tert-OH is 1. The van der Waals surface area contributed by atoms with Gasteiger partial charge in [0.15, 0.2) is 12.2 Å². The molecule has 0 amide bonds. The van der Waals surface area contributed by atoms with Gasteiger partial charge in [-0.25, -0.2) is 9.59 Å². The lowest BCUT2D eigenvalue weighted by atomic mass is 9.90. The maximum atomic E-state index is 12.5. The van der Waals surface area contributed by atoms with Gasteiger partial charge in [-0.05, 0) is 41.5 Å². The zero-order chi connectivity index (χ0) is 20.1. The lowest BCUT2D eigenvalue weighted by molar-refractivity contribution is -0.382. The largest absolute Gasteiger partial charge is 0.458 e. The summed E-state index contributed by atoms with van der Waals surface area (Å²) in [7, 11) is 0. The third-order valence-corrected chi connectivity index (χ3v) is 3.97. The summed E-state index contributed by atoms with van der Waals surface area (Å²) in [5, 5.41) is 10.4. The number of carbonyl (C=O) groups excluding carboxylic acids is 2. The molecule has 6 atom stereocenters. The van der Waals surface area contributed by atoms with E-state index in [2.05, 4.69) is 0 Å². The van der Waals surface area contributed by atoms with Crippen LogP contribution in [0, 0.1) is 5.92 Å². The number of rotatable bonds is 3. The second kappa shape index (κ2) is 6.74. The van der Waals surface area contributed by atoms with Crippen molar-refractivity contribution in [2.24, 2.45) is 5.92 Å². The first-order valence-corrected chi connectivity index (χ1v) is 8.79. The summed E-state index contributed by atoms with van der Waals surface area (Å²) in [4.78, 5) is 24.7. The summed E-state index contributed by atoms with van der Waals surface area (Å²) < 4.78 is 27.6. The van der Waals surface area contributed by atoms with Crippen molar-refractivity contribution in [2.75, 3.05) is 0 Å². The van der Waals surface area contributed by atoms with Crippen LogP contribution in [0.4, 0.5) is 0 Å². The molecule has 0 aromatic carbocycles. The van der Waals surface area contributed by atoms with Crippen LogP contribution in [0.1, 0.15) is 55.4 Å². The molecule has 0 saturated carbocycles. The van der Waals surface area contributed by atoms with Gasteiger partial charge in [0.25, 0.3) is 5.97 Å². The molecular weight excluding hydrogens is 344 g/mol. The molecule has 0 radical (unpaired) electrons. The third kappa shape index (κ3) is 4.73. The molecular formula is C18H30O8. The number of hydrogen-bond donors (Lipinski definition) is 1. The topological polar surface area (TPSA) is 101 Å². The molecule has 0 spiro atoms. The smallest absolute Gasteiger partial charge is 0.338 e. The Morgan fingerprint density at radius 3 is 2.04 bits per heavy atom. The van der Waals surface area contributed by atoms with Crippen LogP contribution in [-0.2, 0) is 33.3 Å². The molecule has 2 bridgehead atoms. The minimum absolute atomic E-state index is 0.509. The molecule has 1 N–H and O–H groups in total. The minimum Gasteiger partial charge on any atom is -0.458 e. The highest BCUT2D eigenvalue weighted by Crippen LogP contribution is 2.43. The molecule has 0 aromatic heterocycles. The van der Waals surface area contributed by atoms with Gasteiger partial charge in [0.05, 0.1) is 0 Å². The van der Waals surface area contributed by atoms with Gasteiger partial charge in [-0.3, -0.25) is 0 Å². The molecule has 150 valence electrons. The van der Waals surface area contributed by atoms with E-state index in [0.29, 0.717) is 0 Å². The Morgan fingerprint density at radius 1 is 1.00 bits per heavy atom. The first-order valence-electron chi connectivity index (χ1n) is 8.79. The Kier molecular flexibility index (Phi) is 5.47. The quantitative estimate of drug-likeness (QED) is 0.742. The zero-order valence-electron chi connectivity index (χ0n) is 16.7. The Hall–Kier alpha value is -1.22. The van der Waals surface area contributed by atoms with E-state index in [0.717, 1.165) is 0 Å². The Bertz CT molecular complexity index is 561. The molecule has 2 aliphatic rings. The number of carbonyl (C=O) groups is 2. The Morgan fingerprint density at radius 2 is 1.54 bits per heavy atom. The fraction of sp³-hybridized carbons (Fsp3) is 0.889. The standard InChI is InChI=1S/C18H30O8/c1-9-11(10(19)14(20)25-16(2,3)4)22-18(8)23-12(9)13(24-18)15(21)26-17(5,6)7/h9-13,19H,1-8H3/t9-,10+,11-,12+,13-,18+/m1/s1. The van der Waals surface area contributed by atoms with Crippen molar-refractivity contribution in [1.29, 1.82) is 0 Å². The minimum atomic E-state index is -1.55. The third-order valence-electron chi connectivity index (χ3n) is 3.97. The van der Waals surface area contributed by atoms with Gasteiger partial charge in [-0.1, -0.05) is 6.92 Å². The van der Waals surface area contributed by atoms with Crippen LogP contribution in [0.3, 0.4) is 0 Å².